The van der Waals surface area contributed by atoms with E-state index in [4.69, 9.17) is 4.74 Å². The molecule has 0 aromatic heterocycles. The summed E-state index contributed by atoms with van der Waals surface area (Å²) in [6.07, 6.45) is -2.38. The maximum atomic E-state index is 13.2. The van der Waals surface area contributed by atoms with Gasteiger partial charge < -0.3 is 15.4 Å². The van der Waals surface area contributed by atoms with E-state index in [1.165, 1.54) is 12.1 Å². The lowest BCUT2D eigenvalue weighted by atomic mass is 9.98. The molecule has 0 saturated heterocycles. The molecule has 5 nitrogen and oxygen atoms in total. The molecule has 1 fully saturated rings. The Morgan fingerprint density at radius 1 is 0.850 bits per heavy atom. The summed E-state index contributed by atoms with van der Waals surface area (Å²) in [6.45, 7) is 0. The summed E-state index contributed by atoms with van der Waals surface area (Å²) >= 11 is 0. The van der Waals surface area contributed by atoms with Crippen LogP contribution in [0.2, 0.25) is 0 Å². The minimum absolute atomic E-state index is 0.132. The van der Waals surface area contributed by atoms with Crippen LogP contribution in [-0.2, 0) is 6.18 Å². The summed E-state index contributed by atoms with van der Waals surface area (Å²) in [4.78, 5) is 26.4. The highest BCUT2D eigenvalue weighted by atomic mass is 19.4. The number of anilines is 1. The van der Waals surface area contributed by atoms with E-state index >= 15 is 0 Å². The van der Waals surface area contributed by atoms with Crippen LogP contribution in [0.5, 0.6) is 5.75 Å². The highest BCUT2D eigenvalue weighted by Gasteiger charge is 2.34. The molecule has 1 aliphatic carbocycles. The predicted octanol–water partition coefficient (Wildman–Crippen LogP) is 7.51. The molecule has 1 unspecified atom stereocenters. The molecular formula is C32H27F3N2O3. The lowest BCUT2D eigenvalue weighted by Gasteiger charge is -2.19. The van der Waals surface area contributed by atoms with Gasteiger partial charge >= 0.3 is 6.18 Å². The van der Waals surface area contributed by atoms with Gasteiger partial charge in [-0.15, -0.1) is 0 Å². The normalized spacial score (nSPS) is 13.8. The summed E-state index contributed by atoms with van der Waals surface area (Å²) in [5.74, 6) is 0.408. The number of amides is 2. The Morgan fingerprint density at radius 3 is 2.20 bits per heavy atom. The fourth-order valence-electron chi connectivity index (χ4n) is 4.65. The Labute approximate surface area is 230 Å². The SMILES string of the molecule is COc1ccc(C(NC(=O)c2cccc(NC(=O)c3ccccc3-c3ccc(C(F)(F)F)cc3)c2)C2CC2)cc1. The molecule has 4 aromatic rings. The fraction of sp³-hybridized carbons (Fsp3) is 0.188. The van der Waals surface area contributed by atoms with Crippen LogP contribution in [0.1, 0.15) is 50.7 Å². The van der Waals surface area contributed by atoms with Crippen LogP contribution >= 0.6 is 0 Å². The first kappa shape index (κ1) is 27.0. The second-order valence-electron chi connectivity index (χ2n) is 9.72. The summed E-state index contributed by atoms with van der Waals surface area (Å²) < 4.78 is 44.2. The van der Waals surface area contributed by atoms with Crippen molar-refractivity contribution in [3.05, 3.63) is 119 Å². The zero-order valence-corrected chi connectivity index (χ0v) is 21.7. The quantitative estimate of drug-likeness (QED) is 0.241. The minimum Gasteiger partial charge on any atom is -0.497 e. The predicted molar refractivity (Wildman–Crippen MR) is 147 cm³/mol. The molecule has 4 aromatic carbocycles. The molecule has 2 N–H and O–H groups in total. The van der Waals surface area contributed by atoms with E-state index in [2.05, 4.69) is 10.6 Å². The van der Waals surface area contributed by atoms with Gasteiger partial charge in [0.1, 0.15) is 5.75 Å². The summed E-state index contributed by atoms with van der Waals surface area (Å²) in [6, 6.07) is 25.5. The third-order valence-electron chi connectivity index (χ3n) is 6.93. The van der Waals surface area contributed by atoms with E-state index < -0.39 is 17.6 Å². The van der Waals surface area contributed by atoms with Crippen LogP contribution in [0.15, 0.2) is 97.1 Å². The average molecular weight is 545 g/mol. The zero-order valence-electron chi connectivity index (χ0n) is 21.7. The van der Waals surface area contributed by atoms with Crippen molar-refractivity contribution in [2.75, 3.05) is 12.4 Å². The standard InChI is InChI=1S/C32H27F3N2O3/c1-40-26-17-13-22(14-18-26)29(21-9-10-21)37-30(38)23-5-4-6-25(19-23)36-31(39)28-8-3-2-7-27(28)20-11-15-24(16-12-20)32(33,34)35/h2-8,11-19,21,29H,9-10H2,1H3,(H,36,39)(H,37,38). The first-order valence-electron chi connectivity index (χ1n) is 12.9. The third-order valence-corrected chi connectivity index (χ3v) is 6.93. The number of halogens is 3. The van der Waals surface area contributed by atoms with E-state index in [0.717, 1.165) is 36.3 Å². The highest BCUT2D eigenvalue weighted by molar-refractivity contribution is 6.09. The van der Waals surface area contributed by atoms with Gasteiger partial charge in [0.05, 0.1) is 18.7 Å². The van der Waals surface area contributed by atoms with Crippen molar-refractivity contribution in [3.8, 4) is 16.9 Å². The second kappa shape index (κ2) is 11.3. The van der Waals surface area contributed by atoms with Gasteiger partial charge in [-0.2, -0.15) is 13.2 Å². The Balaban J connectivity index is 1.32. The van der Waals surface area contributed by atoms with Crippen molar-refractivity contribution in [3.63, 3.8) is 0 Å². The van der Waals surface area contributed by atoms with Crippen LogP contribution in [-0.4, -0.2) is 18.9 Å². The number of alkyl halides is 3. The average Bonchev–Trinajstić information content (AvgIpc) is 3.81. The van der Waals surface area contributed by atoms with Crippen LogP contribution < -0.4 is 15.4 Å². The van der Waals surface area contributed by atoms with E-state index in [1.807, 2.05) is 24.3 Å². The fourth-order valence-corrected chi connectivity index (χ4v) is 4.65. The monoisotopic (exact) mass is 544 g/mol. The first-order chi connectivity index (χ1) is 19.2. The smallest absolute Gasteiger partial charge is 0.416 e. The molecular weight excluding hydrogens is 517 g/mol. The van der Waals surface area contributed by atoms with Gasteiger partial charge in [0.2, 0.25) is 0 Å². The van der Waals surface area contributed by atoms with E-state index in [0.29, 0.717) is 33.9 Å². The lowest BCUT2D eigenvalue weighted by molar-refractivity contribution is -0.137. The van der Waals surface area contributed by atoms with Gasteiger partial charge in [-0.1, -0.05) is 48.5 Å². The van der Waals surface area contributed by atoms with E-state index in [9.17, 15) is 22.8 Å². The Morgan fingerprint density at radius 2 is 1.55 bits per heavy atom. The molecule has 1 aliphatic rings. The largest absolute Gasteiger partial charge is 0.497 e. The Hall–Kier alpha value is -4.59. The molecule has 2 amide bonds. The maximum absolute atomic E-state index is 13.2. The van der Waals surface area contributed by atoms with Crippen LogP contribution in [0.25, 0.3) is 11.1 Å². The molecule has 204 valence electrons. The molecule has 0 radical (unpaired) electrons. The number of nitrogens with one attached hydrogen (secondary N) is 2. The number of hydrogen-bond donors (Lipinski definition) is 2. The highest BCUT2D eigenvalue weighted by Crippen LogP contribution is 2.41. The van der Waals surface area contributed by atoms with Gasteiger partial charge in [-0.05, 0) is 84.0 Å². The molecule has 1 atom stereocenters. The van der Waals surface area contributed by atoms with Gasteiger partial charge in [-0.3, -0.25) is 9.59 Å². The topological polar surface area (TPSA) is 67.4 Å². The number of hydrogen-bond acceptors (Lipinski definition) is 3. The van der Waals surface area contributed by atoms with Crippen molar-refractivity contribution in [1.29, 1.82) is 0 Å². The molecule has 0 aliphatic heterocycles. The van der Waals surface area contributed by atoms with Crippen molar-refractivity contribution < 1.29 is 27.5 Å². The van der Waals surface area contributed by atoms with Gasteiger partial charge in [0.25, 0.3) is 11.8 Å². The first-order valence-corrected chi connectivity index (χ1v) is 12.9. The summed E-state index contributed by atoms with van der Waals surface area (Å²) in [7, 11) is 1.61. The number of benzene rings is 4. The maximum Gasteiger partial charge on any atom is 0.416 e. The third kappa shape index (κ3) is 6.17. The Bertz CT molecular complexity index is 1510. The number of carbonyl (C=O) groups excluding carboxylic acids is 2. The lowest BCUT2D eigenvalue weighted by Crippen LogP contribution is -2.30. The van der Waals surface area contributed by atoms with Crippen LogP contribution in [0, 0.1) is 5.92 Å². The van der Waals surface area contributed by atoms with Crippen molar-refractivity contribution in [2.45, 2.75) is 25.1 Å². The second-order valence-corrected chi connectivity index (χ2v) is 9.72. The van der Waals surface area contributed by atoms with Crippen molar-refractivity contribution >= 4 is 17.5 Å². The van der Waals surface area contributed by atoms with Crippen LogP contribution in [0.3, 0.4) is 0 Å². The molecule has 0 heterocycles. The van der Waals surface area contributed by atoms with Crippen molar-refractivity contribution in [2.24, 2.45) is 5.92 Å². The summed E-state index contributed by atoms with van der Waals surface area (Å²) in [5.41, 5.74) is 2.33. The molecule has 8 heteroatoms. The van der Waals surface area contributed by atoms with Gasteiger partial charge in [0, 0.05) is 16.8 Å². The molecule has 5 rings (SSSR count). The number of carbonyl (C=O) groups is 2. The molecule has 40 heavy (non-hydrogen) atoms. The van der Waals surface area contributed by atoms with E-state index in [-0.39, 0.29) is 11.9 Å². The summed E-state index contributed by atoms with van der Waals surface area (Å²) in [5, 5.41) is 5.95. The number of methoxy groups -OCH3 is 1. The molecule has 0 spiro atoms. The number of ether oxygens (including phenoxy) is 1. The van der Waals surface area contributed by atoms with Crippen LogP contribution in [0.4, 0.5) is 18.9 Å². The van der Waals surface area contributed by atoms with Crippen molar-refractivity contribution in [1.82, 2.24) is 5.32 Å². The van der Waals surface area contributed by atoms with Gasteiger partial charge in [-0.25, -0.2) is 0 Å². The Kier molecular flexibility index (Phi) is 7.60. The van der Waals surface area contributed by atoms with E-state index in [1.54, 1.807) is 55.6 Å². The molecule has 1 saturated carbocycles. The van der Waals surface area contributed by atoms with Gasteiger partial charge in [0.15, 0.2) is 0 Å². The zero-order chi connectivity index (χ0) is 28.3. The minimum atomic E-state index is -4.44. The molecule has 0 bridgehead atoms. The number of rotatable bonds is 8.